The standard InChI is InChI=1S/C18H31F2N3O10/c1-8(15(29)32-2)23-14(28)9(21)5-3-4-6-22-16(30)17(19,20)18(31)13(27)11(26)12(33-18)10(25)7-24/h8-13,24-27,31H,3-7,21H2,1-2H3,(H,22,30)(H,23,28)/t8-,9-,10-,11?,12-,13?,18+/m0/s1. The summed E-state index contributed by atoms with van der Waals surface area (Å²) in [6.07, 6.45) is -8.31. The molecule has 0 saturated carbocycles. The molecule has 0 spiro atoms. The third-order valence-electron chi connectivity index (χ3n) is 5.16. The number of amides is 2. The quantitative estimate of drug-likeness (QED) is 0.0981. The van der Waals surface area contributed by atoms with E-state index in [-0.39, 0.29) is 25.8 Å². The number of rotatable bonds is 12. The zero-order chi connectivity index (χ0) is 25.6. The molecule has 192 valence electrons. The lowest BCUT2D eigenvalue weighted by Crippen LogP contribution is -2.63. The largest absolute Gasteiger partial charge is 0.467 e. The molecule has 2 amide bonds. The van der Waals surface area contributed by atoms with Crippen molar-refractivity contribution in [2.75, 3.05) is 20.3 Å². The number of nitrogens with one attached hydrogen (secondary N) is 2. The highest BCUT2D eigenvalue weighted by molar-refractivity contribution is 5.87. The highest BCUT2D eigenvalue weighted by atomic mass is 19.3. The van der Waals surface area contributed by atoms with Crippen LogP contribution in [-0.2, 0) is 23.9 Å². The molecule has 0 aliphatic carbocycles. The van der Waals surface area contributed by atoms with Crippen molar-refractivity contribution in [3.8, 4) is 0 Å². The molecule has 0 aromatic carbocycles. The molecule has 0 aromatic rings. The number of methoxy groups -OCH3 is 1. The number of hydrogen-bond donors (Lipinski definition) is 8. The summed E-state index contributed by atoms with van der Waals surface area (Å²) in [4.78, 5) is 35.1. The molecule has 7 atom stereocenters. The molecule has 0 aromatic heterocycles. The number of nitrogens with two attached hydrogens (primary N) is 1. The van der Waals surface area contributed by atoms with Gasteiger partial charge in [0.2, 0.25) is 5.91 Å². The van der Waals surface area contributed by atoms with Crippen LogP contribution < -0.4 is 16.4 Å². The SMILES string of the molecule is COC(=O)[C@H](C)NC(=O)[C@@H](N)CCCCNC(=O)C(F)(F)[C@]1(O)O[C@@H]([C@@H](O)CO)C(O)C1O. The molecule has 1 saturated heterocycles. The summed E-state index contributed by atoms with van der Waals surface area (Å²) in [6, 6.07) is -1.92. The van der Waals surface area contributed by atoms with Crippen molar-refractivity contribution in [2.24, 2.45) is 5.73 Å². The van der Waals surface area contributed by atoms with E-state index in [2.05, 4.69) is 14.8 Å². The second-order valence-electron chi connectivity index (χ2n) is 7.65. The molecule has 1 heterocycles. The molecule has 15 heteroatoms. The highest BCUT2D eigenvalue weighted by Gasteiger charge is 2.71. The fourth-order valence-corrected chi connectivity index (χ4v) is 3.08. The second kappa shape index (κ2) is 11.9. The Morgan fingerprint density at radius 3 is 2.42 bits per heavy atom. The Labute approximate surface area is 187 Å². The fourth-order valence-electron chi connectivity index (χ4n) is 3.08. The third kappa shape index (κ3) is 6.53. The zero-order valence-electron chi connectivity index (χ0n) is 18.1. The van der Waals surface area contributed by atoms with E-state index in [1.165, 1.54) is 6.92 Å². The molecule has 0 bridgehead atoms. The maximum absolute atomic E-state index is 14.5. The summed E-state index contributed by atoms with van der Waals surface area (Å²) in [7, 11) is 1.15. The number of hydrogen-bond acceptors (Lipinski definition) is 11. The summed E-state index contributed by atoms with van der Waals surface area (Å²) < 4.78 is 38.0. The third-order valence-corrected chi connectivity index (χ3v) is 5.16. The van der Waals surface area contributed by atoms with Gasteiger partial charge < -0.3 is 51.4 Å². The smallest absolute Gasteiger partial charge is 0.379 e. The van der Waals surface area contributed by atoms with Crippen molar-refractivity contribution in [3.63, 3.8) is 0 Å². The first-order valence-electron chi connectivity index (χ1n) is 10.1. The number of halogens is 2. The summed E-state index contributed by atoms with van der Waals surface area (Å²) in [5.41, 5.74) is 5.68. The predicted octanol–water partition coefficient (Wildman–Crippen LogP) is -3.92. The van der Waals surface area contributed by atoms with E-state index in [0.717, 1.165) is 7.11 Å². The van der Waals surface area contributed by atoms with E-state index in [0.29, 0.717) is 0 Å². The monoisotopic (exact) mass is 487 g/mol. The highest BCUT2D eigenvalue weighted by Crippen LogP contribution is 2.42. The molecular weight excluding hydrogens is 456 g/mol. The van der Waals surface area contributed by atoms with Crippen molar-refractivity contribution in [2.45, 2.75) is 74.4 Å². The van der Waals surface area contributed by atoms with E-state index in [4.69, 9.17) is 10.8 Å². The van der Waals surface area contributed by atoms with Gasteiger partial charge in [0.05, 0.1) is 19.8 Å². The molecule has 9 N–H and O–H groups in total. The van der Waals surface area contributed by atoms with Gasteiger partial charge in [0, 0.05) is 6.54 Å². The maximum Gasteiger partial charge on any atom is 0.379 e. The van der Waals surface area contributed by atoms with Crippen molar-refractivity contribution in [1.29, 1.82) is 0 Å². The van der Waals surface area contributed by atoms with Crippen molar-refractivity contribution >= 4 is 17.8 Å². The van der Waals surface area contributed by atoms with Crippen LogP contribution in [0.4, 0.5) is 8.78 Å². The van der Waals surface area contributed by atoms with Crippen LogP contribution in [0.15, 0.2) is 0 Å². The van der Waals surface area contributed by atoms with Gasteiger partial charge in [0.15, 0.2) is 0 Å². The predicted molar refractivity (Wildman–Crippen MR) is 104 cm³/mol. The topological polar surface area (TPSA) is 221 Å². The van der Waals surface area contributed by atoms with Crippen molar-refractivity contribution in [3.05, 3.63) is 0 Å². The second-order valence-corrected chi connectivity index (χ2v) is 7.65. The van der Waals surface area contributed by atoms with Crippen LogP contribution in [0.2, 0.25) is 0 Å². The van der Waals surface area contributed by atoms with Crippen LogP contribution in [0.1, 0.15) is 26.2 Å². The molecule has 0 radical (unpaired) electrons. The van der Waals surface area contributed by atoms with Crippen molar-refractivity contribution in [1.82, 2.24) is 10.6 Å². The number of aliphatic hydroxyl groups excluding tert-OH is 4. The Morgan fingerprint density at radius 2 is 1.88 bits per heavy atom. The van der Waals surface area contributed by atoms with E-state index >= 15 is 0 Å². The summed E-state index contributed by atoms with van der Waals surface area (Å²) in [6.45, 7) is 0.0552. The number of unbranched alkanes of at least 4 members (excludes halogenated alkanes) is 1. The number of ether oxygens (including phenoxy) is 2. The fraction of sp³-hybridized carbons (Fsp3) is 0.833. The van der Waals surface area contributed by atoms with Crippen LogP contribution in [0.3, 0.4) is 0 Å². The minimum absolute atomic E-state index is 0.102. The molecule has 13 nitrogen and oxygen atoms in total. The Balaban J connectivity index is 2.53. The minimum atomic E-state index is -4.74. The van der Waals surface area contributed by atoms with Crippen LogP contribution in [0.25, 0.3) is 0 Å². The van der Waals surface area contributed by atoms with Gasteiger partial charge in [-0.3, -0.25) is 9.59 Å². The van der Waals surface area contributed by atoms with Gasteiger partial charge in [-0.05, 0) is 26.2 Å². The molecule has 2 unspecified atom stereocenters. The van der Waals surface area contributed by atoms with E-state index in [1.54, 1.807) is 0 Å². The van der Waals surface area contributed by atoms with Crippen molar-refractivity contribution < 1.29 is 58.2 Å². The van der Waals surface area contributed by atoms with Gasteiger partial charge >= 0.3 is 11.9 Å². The Hall–Kier alpha value is -2.01. The van der Waals surface area contributed by atoms with Crippen LogP contribution in [-0.4, -0.2) is 112 Å². The molecule has 1 fully saturated rings. The number of alkyl halides is 2. The zero-order valence-corrected chi connectivity index (χ0v) is 18.1. The lowest BCUT2D eigenvalue weighted by molar-refractivity contribution is -0.325. The first-order valence-corrected chi connectivity index (χ1v) is 10.1. The number of aliphatic hydroxyl groups is 5. The van der Waals surface area contributed by atoms with Crippen LogP contribution in [0.5, 0.6) is 0 Å². The van der Waals surface area contributed by atoms with Gasteiger partial charge in [-0.2, -0.15) is 8.78 Å². The van der Waals surface area contributed by atoms with E-state index < -0.39 is 72.6 Å². The summed E-state index contributed by atoms with van der Waals surface area (Å²) >= 11 is 0. The molecule has 1 rings (SSSR count). The molecule has 1 aliphatic heterocycles. The lowest BCUT2D eigenvalue weighted by Gasteiger charge is -2.33. The minimum Gasteiger partial charge on any atom is -0.467 e. The number of esters is 1. The molecule has 1 aliphatic rings. The lowest BCUT2D eigenvalue weighted by atomic mass is 9.97. The van der Waals surface area contributed by atoms with Crippen LogP contribution in [0, 0.1) is 0 Å². The summed E-state index contributed by atoms with van der Waals surface area (Å²) in [5, 5.41) is 52.2. The maximum atomic E-state index is 14.5. The van der Waals surface area contributed by atoms with E-state index in [9.17, 15) is 43.6 Å². The van der Waals surface area contributed by atoms with E-state index in [1.807, 2.05) is 5.32 Å². The number of carbonyl (C=O) groups excluding carboxylic acids is 3. The Morgan fingerprint density at radius 1 is 1.27 bits per heavy atom. The van der Waals surface area contributed by atoms with Gasteiger partial charge in [0.1, 0.15) is 30.5 Å². The first kappa shape index (κ1) is 29.0. The molecular formula is C18H31F2N3O10. The summed E-state index contributed by atoms with van der Waals surface area (Å²) in [5.74, 6) is -11.9. The van der Waals surface area contributed by atoms with Gasteiger partial charge in [-0.1, -0.05) is 0 Å². The van der Waals surface area contributed by atoms with Gasteiger partial charge in [0.25, 0.3) is 11.7 Å². The van der Waals surface area contributed by atoms with Gasteiger partial charge in [-0.25, -0.2) is 4.79 Å². The van der Waals surface area contributed by atoms with Crippen LogP contribution >= 0.6 is 0 Å². The first-order chi connectivity index (χ1) is 15.2. The Bertz CT molecular complexity index is 700. The molecule has 33 heavy (non-hydrogen) atoms. The Kier molecular flexibility index (Phi) is 10.5. The van der Waals surface area contributed by atoms with Gasteiger partial charge in [-0.15, -0.1) is 0 Å². The number of carbonyl (C=O) groups is 3. The average molecular weight is 487 g/mol. The average Bonchev–Trinajstić information content (AvgIpc) is 3.02. The normalized spacial score (nSPS) is 28.0.